The Bertz CT molecular complexity index is 521. The molecule has 0 saturated heterocycles. The molecular formula is C22H32. The van der Waals surface area contributed by atoms with Gasteiger partial charge in [-0.05, 0) is 93.3 Å². The van der Waals surface area contributed by atoms with Crippen molar-refractivity contribution < 1.29 is 0 Å². The predicted molar refractivity (Wildman–Crippen MR) is 93.3 cm³/mol. The maximum absolute atomic E-state index is 6.09. The van der Waals surface area contributed by atoms with E-state index in [-0.39, 0.29) is 5.41 Å². The number of rotatable bonds is 1. The van der Waals surface area contributed by atoms with Gasteiger partial charge in [0.1, 0.15) is 0 Å². The Hall–Kier alpha value is -0.700. The number of fused-ring (bicyclic) bond motifs is 5. The second-order valence-corrected chi connectivity index (χ2v) is 8.86. The van der Waals surface area contributed by atoms with Gasteiger partial charge in [-0.1, -0.05) is 31.4 Å². The molecule has 0 heterocycles. The molecule has 0 aromatic rings. The first kappa shape index (κ1) is 14.9. The lowest BCUT2D eigenvalue weighted by Crippen LogP contribution is -2.49. The zero-order valence-corrected chi connectivity index (χ0v) is 14.5. The van der Waals surface area contributed by atoms with Crippen molar-refractivity contribution in [1.82, 2.24) is 0 Å². The lowest BCUT2D eigenvalue weighted by molar-refractivity contribution is -0.0410. The van der Waals surface area contributed by atoms with E-state index in [9.17, 15) is 0 Å². The third-order valence-corrected chi connectivity index (χ3v) is 8.62. The van der Waals surface area contributed by atoms with Crippen LogP contribution in [0.5, 0.6) is 0 Å². The highest BCUT2D eigenvalue weighted by Crippen LogP contribution is 2.68. The van der Waals surface area contributed by atoms with Crippen LogP contribution in [0, 0.1) is 46.8 Å². The van der Waals surface area contributed by atoms with Crippen LogP contribution in [0.25, 0.3) is 0 Å². The first-order valence-electron chi connectivity index (χ1n) is 9.82. The quantitative estimate of drug-likeness (QED) is 0.412. The van der Waals surface area contributed by atoms with Crippen LogP contribution >= 0.6 is 0 Å². The van der Waals surface area contributed by atoms with Gasteiger partial charge in [0.2, 0.25) is 0 Å². The van der Waals surface area contributed by atoms with Crippen molar-refractivity contribution >= 4 is 0 Å². The van der Waals surface area contributed by atoms with Crippen LogP contribution in [-0.2, 0) is 0 Å². The normalized spacial score (nSPS) is 50.3. The summed E-state index contributed by atoms with van der Waals surface area (Å²) in [4.78, 5) is 0. The van der Waals surface area contributed by atoms with Crippen molar-refractivity contribution in [2.24, 2.45) is 34.5 Å². The minimum Gasteiger partial charge on any atom is -0.119 e. The van der Waals surface area contributed by atoms with E-state index in [0.29, 0.717) is 5.41 Å². The average Bonchev–Trinajstić information content (AvgIpc) is 2.87. The molecule has 0 N–H and O–H groups in total. The lowest BCUT2D eigenvalue weighted by Gasteiger charge is -2.56. The monoisotopic (exact) mass is 296 g/mol. The number of terminal acetylenes is 1. The summed E-state index contributed by atoms with van der Waals surface area (Å²) in [7, 11) is 0. The Kier molecular flexibility index (Phi) is 3.48. The van der Waals surface area contributed by atoms with Crippen LogP contribution < -0.4 is 0 Å². The third kappa shape index (κ3) is 1.78. The summed E-state index contributed by atoms with van der Waals surface area (Å²) >= 11 is 0. The molecule has 0 nitrogen and oxygen atoms in total. The fraction of sp³-hybridized carbons (Fsp3) is 0.818. The van der Waals surface area contributed by atoms with Gasteiger partial charge in [-0.3, -0.25) is 0 Å². The van der Waals surface area contributed by atoms with Crippen molar-refractivity contribution in [2.75, 3.05) is 0 Å². The van der Waals surface area contributed by atoms with Crippen molar-refractivity contribution in [2.45, 2.75) is 78.1 Å². The van der Waals surface area contributed by atoms with E-state index in [4.69, 9.17) is 6.42 Å². The van der Waals surface area contributed by atoms with Crippen LogP contribution in [0.2, 0.25) is 0 Å². The van der Waals surface area contributed by atoms with Gasteiger partial charge in [-0.25, -0.2) is 0 Å². The van der Waals surface area contributed by atoms with Crippen molar-refractivity contribution in [1.29, 1.82) is 0 Å². The van der Waals surface area contributed by atoms with Crippen molar-refractivity contribution in [3.8, 4) is 12.3 Å². The molecular weight excluding hydrogens is 264 g/mol. The number of hydrogen-bond donors (Lipinski definition) is 0. The topological polar surface area (TPSA) is 0 Å². The molecule has 0 spiro atoms. The largest absolute Gasteiger partial charge is 0.119 e. The Balaban J connectivity index is 1.66. The fourth-order valence-electron chi connectivity index (χ4n) is 7.36. The van der Waals surface area contributed by atoms with Gasteiger partial charge in [0.25, 0.3) is 0 Å². The smallest absolute Gasteiger partial charge is 0.0365 e. The highest BCUT2D eigenvalue weighted by atomic mass is 14.6. The molecule has 4 aliphatic rings. The van der Waals surface area contributed by atoms with E-state index < -0.39 is 0 Å². The second kappa shape index (κ2) is 5.15. The van der Waals surface area contributed by atoms with Gasteiger partial charge in [-0.2, -0.15) is 0 Å². The van der Waals surface area contributed by atoms with E-state index in [2.05, 4.69) is 25.8 Å². The second-order valence-electron chi connectivity index (χ2n) is 8.86. The summed E-state index contributed by atoms with van der Waals surface area (Å²) in [6.45, 7) is 4.90. The van der Waals surface area contributed by atoms with E-state index in [1.165, 1.54) is 64.2 Å². The minimum absolute atomic E-state index is 0.200. The first-order chi connectivity index (χ1) is 10.6. The summed E-state index contributed by atoms with van der Waals surface area (Å²) in [5.41, 5.74) is 2.46. The highest BCUT2D eigenvalue weighted by molar-refractivity contribution is 5.23. The molecule has 4 rings (SSSR count). The zero-order chi connectivity index (χ0) is 15.4. The first-order valence-corrected chi connectivity index (χ1v) is 9.82. The molecule has 22 heavy (non-hydrogen) atoms. The Labute approximate surface area is 137 Å². The zero-order valence-electron chi connectivity index (χ0n) is 14.5. The third-order valence-electron chi connectivity index (χ3n) is 8.62. The summed E-state index contributed by atoms with van der Waals surface area (Å²) in [5.74, 6) is 7.12. The van der Waals surface area contributed by atoms with E-state index >= 15 is 0 Å². The standard InChI is InChI=1S/C22H32/c1-4-22(5-2)15-13-20-19-11-10-16-8-6-7-9-17(16)18(19)12-14-21(20,22)3/h1,8,17-20H,5-7,9-15H2,2-3H3/t17-,18+,19+,20-,21-,22-/m0/s1. The molecule has 0 unspecified atom stereocenters. The molecule has 3 saturated carbocycles. The fourth-order valence-corrected chi connectivity index (χ4v) is 7.36. The minimum atomic E-state index is 0.200. The summed E-state index contributed by atoms with van der Waals surface area (Å²) < 4.78 is 0. The maximum atomic E-state index is 6.09. The SMILES string of the molecule is C#C[C@]1(CC)CC[C@H]2[C@@H]3CCC4=CCCC[C@@H]4[C@H]3CC[C@@]21C. The summed E-state index contributed by atoms with van der Waals surface area (Å²) in [5, 5.41) is 0. The highest BCUT2D eigenvalue weighted by Gasteiger charge is 2.61. The van der Waals surface area contributed by atoms with Crippen LogP contribution in [0.15, 0.2) is 11.6 Å². The van der Waals surface area contributed by atoms with E-state index in [1.54, 1.807) is 0 Å². The molecule has 0 bridgehead atoms. The van der Waals surface area contributed by atoms with E-state index in [1.807, 2.05) is 5.57 Å². The number of hydrogen-bond acceptors (Lipinski definition) is 0. The molecule has 120 valence electrons. The molecule has 6 atom stereocenters. The van der Waals surface area contributed by atoms with Crippen LogP contribution in [-0.4, -0.2) is 0 Å². The van der Waals surface area contributed by atoms with Crippen molar-refractivity contribution in [3.63, 3.8) is 0 Å². The molecule has 0 amide bonds. The van der Waals surface area contributed by atoms with Gasteiger partial charge in [0.05, 0.1) is 0 Å². The molecule has 0 heteroatoms. The van der Waals surface area contributed by atoms with Crippen LogP contribution in [0.1, 0.15) is 78.1 Å². The van der Waals surface area contributed by atoms with Gasteiger partial charge >= 0.3 is 0 Å². The molecule has 0 radical (unpaired) electrons. The van der Waals surface area contributed by atoms with Gasteiger partial charge in [0.15, 0.2) is 0 Å². The molecule has 0 aromatic carbocycles. The van der Waals surface area contributed by atoms with Crippen LogP contribution in [0.3, 0.4) is 0 Å². The molecule has 4 aliphatic carbocycles. The predicted octanol–water partition coefficient (Wildman–Crippen LogP) is 5.98. The summed E-state index contributed by atoms with van der Waals surface area (Å²) in [6.07, 6.45) is 22.5. The van der Waals surface area contributed by atoms with Crippen molar-refractivity contribution in [3.05, 3.63) is 11.6 Å². The molecule has 3 fully saturated rings. The Morgan fingerprint density at radius 1 is 1.18 bits per heavy atom. The maximum Gasteiger partial charge on any atom is 0.0365 e. The Morgan fingerprint density at radius 2 is 2.05 bits per heavy atom. The number of allylic oxidation sites excluding steroid dienone is 2. The van der Waals surface area contributed by atoms with E-state index in [0.717, 1.165) is 23.7 Å². The van der Waals surface area contributed by atoms with Gasteiger partial charge < -0.3 is 0 Å². The average molecular weight is 296 g/mol. The lowest BCUT2D eigenvalue weighted by atomic mass is 9.48. The van der Waals surface area contributed by atoms with Crippen LogP contribution in [0.4, 0.5) is 0 Å². The van der Waals surface area contributed by atoms with Gasteiger partial charge in [-0.15, -0.1) is 6.42 Å². The molecule has 0 aromatic heterocycles. The Morgan fingerprint density at radius 3 is 2.82 bits per heavy atom. The summed E-state index contributed by atoms with van der Waals surface area (Å²) in [6, 6.07) is 0. The molecule has 0 aliphatic heterocycles. The van der Waals surface area contributed by atoms with Gasteiger partial charge in [0, 0.05) is 5.41 Å².